The number of nitrogens with zero attached hydrogens (tertiary/aromatic N) is 1. The van der Waals surface area contributed by atoms with Gasteiger partial charge in [0.25, 0.3) is 0 Å². The van der Waals surface area contributed by atoms with Crippen LogP contribution in [0, 0.1) is 10.1 Å². The number of carbonyl (C=O) groups is 1. The molecule has 0 spiro atoms. The minimum atomic E-state index is -4.71. The molecule has 0 radical (unpaired) electrons. The average Bonchev–Trinajstić information content (AvgIpc) is 2.53. The number of benzene rings is 2. The highest BCUT2D eigenvalue weighted by Crippen LogP contribution is 2.37. The number of carbonyl (C=O) groups excluding carboxylic acids is 1. The van der Waals surface area contributed by atoms with Gasteiger partial charge in [-0.2, -0.15) is 13.2 Å². The van der Waals surface area contributed by atoms with E-state index in [0.717, 1.165) is 6.07 Å². The fourth-order valence-electron chi connectivity index (χ4n) is 1.85. The number of halogens is 3. The van der Waals surface area contributed by atoms with Gasteiger partial charge in [-0.25, -0.2) is 4.79 Å². The van der Waals surface area contributed by atoms with Crippen LogP contribution in [0.25, 0.3) is 0 Å². The van der Waals surface area contributed by atoms with E-state index in [9.17, 15) is 28.1 Å². The van der Waals surface area contributed by atoms with E-state index in [4.69, 9.17) is 4.74 Å². The van der Waals surface area contributed by atoms with Crippen molar-refractivity contribution in [1.82, 2.24) is 0 Å². The van der Waals surface area contributed by atoms with Crippen LogP contribution in [0.15, 0.2) is 42.5 Å². The zero-order chi connectivity index (χ0) is 17.9. The molecule has 0 aliphatic rings. The molecule has 0 saturated carbocycles. The van der Waals surface area contributed by atoms with Crippen molar-refractivity contribution in [2.75, 3.05) is 7.11 Å². The van der Waals surface area contributed by atoms with Crippen LogP contribution in [-0.4, -0.2) is 18.0 Å². The Morgan fingerprint density at radius 2 is 1.88 bits per heavy atom. The summed E-state index contributed by atoms with van der Waals surface area (Å²) in [4.78, 5) is 21.5. The first-order valence-corrected chi connectivity index (χ1v) is 6.44. The van der Waals surface area contributed by atoms with Crippen molar-refractivity contribution in [1.29, 1.82) is 0 Å². The lowest BCUT2D eigenvalue weighted by atomic mass is 10.1. The largest absolute Gasteiger partial charge is 0.465 e. The van der Waals surface area contributed by atoms with Gasteiger partial charge in [-0.15, -0.1) is 0 Å². The van der Waals surface area contributed by atoms with Crippen molar-refractivity contribution in [2.24, 2.45) is 0 Å². The molecule has 0 amide bonds. The average molecular weight is 341 g/mol. The third-order valence-electron chi connectivity index (χ3n) is 2.97. The maximum Gasteiger partial charge on any atom is 0.416 e. The number of rotatable bonds is 4. The number of ether oxygens (including phenoxy) is 2. The minimum absolute atomic E-state index is 0.0424. The van der Waals surface area contributed by atoms with Crippen LogP contribution >= 0.6 is 0 Å². The first-order valence-electron chi connectivity index (χ1n) is 6.44. The zero-order valence-corrected chi connectivity index (χ0v) is 12.2. The maximum atomic E-state index is 12.7. The summed E-state index contributed by atoms with van der Waals surface area (Å²) in [6, 6.07) is 7.44. The molecule has 0 heterocycles. The second kappa shape index (κ2) is 6.57. The Balaban J connectivity index is 2.39. The molecule has 9 heteroatoms. The van der Waals surface area contributed by atoms with Crippen molar-refractivity contribution in [3.63, 3.8) is 0 Å². The number of nitro benzene ring substituents is 1. The molecule has 0 N–H and O–H groups in total. The Morgan fingerprint density at radius 3 is 2.46 bits per heavy atom. The molecule has 0 atom stereocenters. The molecule has 2 aromatic rings. The molecular formula is C15H10F3NO5. The van der Waals surface area contributed by atoms with Crippen molar-refractivity contribution in [3.05, 3.63) is 63.7 Å². The predicted molar refractivity (Wildman–Crippen MR) is 76.0 cm³/mol. The Kier molecular flexibility index (Phi) is 4.72. The topological polar surface area (TPSA) is 78.7 Å². The van der Waals surface area contributed by atoms with Crippen LogP contribution in [-0.2, 0) is 10.9 Å². The summed E-state index contributed by atoms with van der Waals surface area (Å²) in [6.07, 6.45) is -4.71. The van der Waals surface area contributed by atoms with Crippen molar-refractivity contribution < 1.29 is 32.4 Å². The van der Waals surface area contributed by atoms with E-state index < -0.39 is 28.3 Å². The van der Waals surface area contributed by atoms with Crippen LogP contribution in [0.4, 0.5) is 18.9 Å². The summed E-state index contributed by atoms with van der Waals surface area (Å²) in [7, 11) is 1.18. The van der Waals surface area contributed by atoms with Crippen LogP contribution in [0.5, 0.6) is 11.5 Å². The fraction of sp³-hybridized carbons (Fsp3) is 0.133. The molecule has 6 nitrogen and oxygen atoms in total. The van der Waals surface area contributed by atoms with Crippen molar-refractivity contribution >= 4 is 11.7 Å². The van der Waals surface area contributed by atoms with E-state index in [0.29, 0.717) is 12.1 Å². The van der Waals surface area contributed by atoms with Gasteiger partial charge >= 0.3 is 17.8 Å². The molecule has 2 aromatic carbocycles. The summed E-state index contributed by atoms with van der Waals surface area (Å²) >= 11 is 0. The van der Waals surface area contributed by atoms with Crippen molar-refractivity contribution in [2.45, 2.75) is 6.18 Å². The number of methoxy groups -OCH3 is 1. The van der Waals surface area contributed by atoms with Gasteiger partial charge in [0.15, 0.2) is 0 Å². The molecule has 0 bridgehead atoms. The summed E-state index contributed by atoms with van der Waals surface area (Å²) in [5, 5.41) is 11.0. The molecule has 0 saturated heterocycles. The van der Waals surface area contributed by atoms with Gasteiger partial charge < -0.3 is 9.47 Å². The van der Waals surface area contributed by atoms with E-state index in [1.54, 1.807) is 0 Å². The Bertz CT molecular complexity index is 789. The highest BCUT2D eigenvalue weighted by molar-refractivity contribution is 5.89. The van der Waals surface area contributed by atoms with E-state index in [1.165, 1.54) is 31.4 Å². The molecule has 24 heavy (non-hydrogen) atoms. The normalized spacial score (nSPS) is 11.0. The van der Waals surface area contributed by atoms with Gasteiger partial charge in [-0.05, 0) is 30.3 Å². The lowest BCUT2D eigenvalue weighted by Crippen LogP contribution is -2.06. The van der Waals surface area contributed by atoms with Crippen LogP contribution in [0.1, 0.15) is 15.9 Å². The number of hydrogen-bond acceptors (Lipinski definition) is 5. The summed E-state index contributed by atoms with van der Waals surface area (Å²) in [5.41, 5.74) is -1.87. The van der Waals surface area contributed by atoms with Gasteiger partial charge in [0.05, 0.1) is 23.2 Å². The minimum Gasteiger partial charge on any atom is -0.465 e. The second-order valence-electron chi connectivity index (χ2n) is 4.56. The maximum absolute atomic E-state index is 12.7. The van der Waals surface area contributed by atoms with Gasteiger partial charge in [-0.3, -0.25) is 10.1 Å². The molecule has 0 fully saturated rings. The van der Waals surface area contributed by atoms with E-state index in [2.05, 4.69) is 4.74 Å². The lowest BCUT2D eigenvalue weighted by molar-refractivity contribution is -0.385. The molecule has 0 aliphatic carbocycles. The zero-order valence-electron chi connectivity index (χ0n) is 12.2. The number of esters is 1. The molecular weight excluding hydrogens is 331 g/mol. The van der Waals surface area contributed by atoms with Gasteiger partial charge in [0, 0.05) is 6.07 Å². The highest BCUT2D eigenvalue weighted by Gasteiger charge is 2.33. The summed E-state index contributed by atoms with van der Waals surface area (Å²) in [6.45, 7) is 0. The third kappa shape index (κ3) is 3.80. The second-order valence-corrected chi connectivity index (χ2v) is 4.56. The predicted octanol–water partition coefficient (Wildman–Crippen LogP) is 4.19. The summed E-state index contributed by atoms with van der Waals surface area (Å²) < 4.78 is 47.8. The fourth-order valence-corrected chi connectivity index (χ4v) is 1.85. The van der Waals surface area contributed by atoms with Gasteiger partial charge in [0.1, 0.15) is 5.75 Å². The Morgan fingerprint density at radius 1 is 1.17 bits per heavy atom. The molecule has 0 aromatic heterocycles. The number of hydrogen-bond donors (Lipinski definition) is 0. The lowest BCUT2D eigenvalue weighted by Gasteiger charge is -2.10. The molecule has 126 valence electrons. The highest BCUT2D eigenvalue weighted by atomic mass is 19.4. The quantitative estimate of drug-likeness (QED) is 0.473. The Hall–Kier alpha value is -3.10. The SMILES string of the molecule is COC(=O)c1cccc(Oc2ccc(C(F)(F)F)cc2[N+](=O)[O-])c1. The monoisotopic (exact) mass is 341 g/mol. The van der Waals surface area contributed by atoms with Crippen LogP contribution in [0.3, 0.4) is 0 Å². The molecule has 2 rings (SSSR count). The van der Waals surface area contributed by atoms with Crippen molar-refractivity contribution in [3.8, 4) is 11.5 Å². The molecule has 0 unspecified atom stereocenters. The number of nitro groups is 1. The third-order valence-corrected chi connectivity index (χ3v) is 2.97. The Labute approximate surface area is 133 Å². The first kappa shape index (κ1) is 17.3. The standard InChI is InChI=1S/C15H10F3NO5/c1-23-14(20)9-3-2-4-11(7-9)24-13-6-5-10(15(16,17)18)8-12(13)19(21)22/h2-8H,1H3. The van der Waals surface area contributed by atoms with E-state index in [1.807, 2.05) is 0 Å². The number of alkyl halides is 3. The van der Waals surface area contributed by atoms with Crippen LogP contribution in [0.2, 0.25) is 0 Å². The summed E-state index contributed by atoms with van der Waals surface area (Å²) in [5.74, 6) is -0.988. The van der Waals surface area contributed by atoms with Gasteiger partial charge in [0.2, 0.25) is 5.75 Å². The molecule has 0 aliphatic heterocycles. The van der Waals surface area contributed by atoms with Gasteiger partial charge in [-0.1, -0.05) is 6.07 Å². The van der Waals surface area contributed by atoms with Crippen LogP contribution < -0.4 is 4.74 Å². The smallest absolute Gasteiger partial charge is 0.416 e. The first-order chi connectivity index (χ1) is 11.2. The van der Waals surface area contributed by atoms with E-state index >= 15 is 0 Å². The van der Waals surface area contributed by atoms with E-state index in [-0.39, 0.29) is 17.1 Å².